The maximum absolute atomic E-state index is 11.2. The predicted molar refractivity (Wildman–Crippen MR) is 57.6 cm³/mol. The lowest BCUT2D eigenvalue weighted by Gasteiger charge is -2.17. The molecule has 16 heavy (non-hydrogen) atoms. The van der Waals surface area contributed by atoms with Crippen LogP contribution in [0, 0.1) is 4.91 Å². The van der Waals surface area contributed by atoms with Crippen molar-refractivity contribution in [2.75, 3.05) is 6.54 Å². The number of nitroso groups, excluding NO2 is 1. The number of nitrogens with two attached hydrogens (primary N) is 1. The molecular weight excluding hydrogens is 212 g/mol. The molecule has 1 aliphatic heterocycles. The van der Waals surface area contributed by atoms with Gasteiger partial charge in [0.2, 0.25) is 6.04 Å². The Kier molecular flexibility index (Phi) is 5.27. The van der Waals surface area contributed by atoms with Crippen LogP contribution in [-0.4, -0.2) is 51.1 Å². The molecule has 0 aromatic rings. The van der Waals surface area contributed by atoms with Gasteiger partial charge in [-0.05, 0) is 6.42 Å². The molecule has 6 nitrogen and oxygen atoms in total. The van der Waals surface area contributed by atoms with Gasteiger partial charge < -0.3 is 21.1 Å². The Morgan fingerprint density at radius 1 is 1.38 bits per heavy atom. The second kappa shape index (κ2) is 6.24. The highest BCUT2D eigenvalue weighted by Gasteiger charge is 2.31. The van der Waals surface area contributed by atoms with E-state index in [4.69, 9.17) is 10.8 Å². The monoisotopic (exact) mass is 233 g/mol. The molecule has 5 N–H and O–H groups in total. The third-order valence-electron chi connectivity index (χ3n) is 3.06. The molecule has 0 saturated carbocycles. The van der Waals surface area contributed by atoms with E-state index in [1.54, 1.807) is 0 Å². The predicted octanol–water partition coefficient (Wildman–Crippen LogP) is -0.903. The van der Waals surface area contributed by atoms with Crippen molar-refractivity contribution in [2.45, 2.75) is 56.6 Å². The minimum Gasteiger partial charge on any atom is -0.393 e. The van der Waals surface area contributed by atoms with Crippen molar-refractivity contribution in [3.05, 3.63) is 4.91 Å². The van der Waals surface area contributed by atoms with Crippen LogP contribution in [0.3, 0.4) is 0 Å². The Bertz CT molecular complexity index is 235. The summed E-state index contributed by atoms with van der Waals surface area (Å²) >= 11 is 0. The van der Waals surface area contributed by atoms with E-state index in [0.29, 0.717) is 19.4 Å². The van der Waals surface area contributed by atoms with Crippen LogP contribution >= 0.6 is 0 Å². The van der Waals surface area contributed by atoms with Crippen molar-refractivity contribution in [1.82, 2.24) is 0 Å². The zero-order chi connectivity index (χ0) is 12.1. The van der Waals surface area contributed by atoms with E-state index in [2.05, 4.69) is 0 Å². The van der Waals surface area contributed by atoms with Gasteiger partial charge in [0.1, 0.15) is 6.23 Å². The summed E-state index contributed by atoms with van der Waals surface area (Å²) in [5.74, 6) is 0. The van der Waals surface area contributed by atoms with Crippen LogP contribution in [0.2, 0.25) is 0 Å². The number of aliphatic hydroxyl groups is 3. The average Bonchev–Trinajstić information content (AvgIpc) is 2.61. The average molecular weight is 233 g/mol. The smallest absolute Gasteiger partial charge is 0.201 e. The van der Waals surface area contributed by atoms with Crippen molar-refractivity contribution in [3.63, 3.8) is 0 Å². The number of hydrogen-bond acceptors (Lipinski definition) is 5. The normalized spacial score (nSPS) is 26.8. The van der Waals surface area contributed by atoms with E-state index in [0.717, 1.165) is 17.6 Å². The lowest BCUT2D eigenvalue weighted by atomic mass is 10.0. The molecule has 4 unspecified atom stereocenters. The molecule has 0 aromatic carbocycles. The van der Waals surface area contributed by atoms with E-state index in [9.17, 15) is 15.1 Å². The van der Waals surface area contributed by atoms with Gasteiger partial charge in [0, 0.05) is 35.4 Å². The molecule has 1 rings (SSSR count). The fourth-order valence-electron chi connectivity index (χ4n) is 2.02. The van der Waals surface area contributed by atoms with Crippen LogP contribution in [0.25, 0.3) is 0 Å². The van der Waals surface area contributed by atoms with Gasteiger partial charge in [0.25, 0.3) is 0 Å². The fourth-order valence-corrected chi connectivity index (χ4v) is 2.02. The lowest BCUT2D eigenvalue weighted by molar-refractivity contribution is -0.565. The molecule has 94 valence electrons. The molecule has 0 aromatic heterocycles. The van der Waals surface area contributed by atoms with Crippen LogP contribution in [0.5, 0.6) is 0 Å². The van der Waals surface area contributed by atoms with Gasteiger partial charge in [-0.1, -0.05) is 0 Å². The summed E-state index contributed by atoms with van der Waals surface area (Å²) in [7, 11) is 0. The number of rotatable bonds is 6. The summed E-state index contributed by atoms with van der Waals surface area (Å²) < 4.78 is 1.06. The number of aliphatic hydroxyl groups excluding tert-OH is 3. The Morgan fingerprint density at radius 2 is 2.06 bits per heavy atom. The maximum atomic E-state index is 11.2. The minimum absolute atomic E-state index is 0.00501. The largest absolute Gasteiger partial charge is 0.393 e. The molecular formula is C10H21N2O4+. The van der Waals surface area contributed by atoms with E-state index in [-0.39, 0.29) is 12.5 Å². The van der Waals surface area contributed by atoms with Crippen molar-refractivity contribution in [3.8, 4) is 0 Å². The summed E-state index contributed by atoms with van der Waals surface area (Å²) in [5.41, 5.74) is 5.06. The van der Waals surface area contributed by atoms with Gasteiger partial charge in [-0.15, -0.1) is 0 Å². The highest BCUT2D eigenvalue weighted by atomic mass is 16.3. The Hall–Kier alpha value is -0.560. The molecule has 0 radical (unpaired) electrons. The van der Waals surface area contributed by atoms with Crippen molar-refractivity contribution in [1.29, 1.82) is 0 Å². The summed E-state index contributed by atoms with van der Waals surface area (Å²) in [4.78, 5) is 11.2. The molecule has 4 atom stereocenters. The first-order chi connectivity index (χ1) is 7.50. The van der Waals surface area contributed by atoms with Crippen LogP contribution in [-0.2, 0) is 0 Å². The third-order valence-corrected chi connectivity index (χ3v) is 3.06. The van der Waals surface area contributed by atoms with Gasteiger partial charge in [-0.2, -0.15) is 0 Å². The van der Waals surface area contributed by atoms with Gasteiger partial charge >= 0.3 is 0 Å². The second-order valence-electron chi connectivity index (χ2n) is 4.46. The molecule has 0 bridgehead atoms. The van der Waals surface area contributed by atoms with Gasteiger partial charge in [-0.25, -0.2) is 0 Å². The highest BCUT2D eigenvalue weighted by Crippen LogP contribution is 2.18. The molecule has 0 aliphatic carbocycles. The molecule has 0 amide bonds. The Morgan fingerprint density at radius 3 is 2.56 bits per heavy atom. The topological polar surface area (TPSA) is 107 Å². The fraction of sp³-hybridized carbons (Fsp3) is 1.00. The van der Waals surface area contributed by atoms with Gasteiger partial charge in [-0.3, -0.25) is 0 Å². The van der Waals surface area contributed by atoms with Crippen molar-refractivity contribution in [2.24, 2.45) is 5.73 Å². The zero-order valence-corrected chi connectivity index (χ0v) is 9.33. The Labute approximate surface area is 94.6 Å². The van der Waals surface area contributed by atoms with Gasteiger partial charge in [0.05, 0.1) is 12.2 Å². The first kappa shape index (κ1) is 13.5. The first-order valence-electron chi connectivity index (χ1n) is 5.74. The van der Waals surface area contributed by atoms with E-state index in [1.165, 1.54) is 0 Å². The van der Waals surface area contributed by atoms with Crippen LogP contribution < -0.4 is 5.73 Å². The highest BCUT2D eigenvalue weighted by molar-refractivity contribution is 4.70. The summed E-state index contributed by atoms with van der Waals surface area (Å²) in [5, 5.41) is 27.7. The zero-order valence-electron chi connectivity index (χ0n) is 9.33. The molecule has 1 fully saturated rings. The molecule has 0 spiro atoms. The van der Waals surface area contributed by atoms with Crippen LogP contribution in [0.1, 0.15) is 32.1 Å². The molecule has 1 heterocycles. The SMILES string of the molecule is NC(O)C(O)CC(O)CCC1CCC[N+]1=O. The van der Waals surface area contributed by atoms with E-state index >= 15 is 0 Å². The van der Waals surface area contributed by atoms with Crippen LogP contribution in [0.15, 0.2) is 0 Å². The molecule has 1 aliphatic rings. The molecule has 1 saturated heterocycles. The minimum atomic E-state index is -1.32. The summed E-state index contributed by atoms with van der Waals surface area (Å²) in [6.45, 7) is 0.574. The van der Waals surface area contributed by atoms with E-state index in [1.807, 2.05) is 0 Å². The third kappa shape index (κ3) is 4.13. The summed E-state index contributed by atoms with van der Waals surface area (Å²) in [6, 6.07) is -0.00501. The van der Waals surface area contributed by atoms with Crippen molar-refractivity contribution < 1.29 is 20.1 Å². The van der Waals surface area contributed by atoms with Gasteiger partial charge in [0.15, 0.2) is 6.54 Å². The van der Waals surface area contributed by atoms with Crippen LogP contribution in [0.4, 0.5) is 0 Å². The first-order valence-corrected chi connectivity index (χ1v) is 5.74. The lowest BCUT2D eigenvalue weighted by Crippen LogP contribution is -2.36. The number of hydrogen-bond donors (Lipinski definition) is 4. The Balaban J connectivity index is 2.19. The number of nitrogens with zero attached hydrogens (tertiary/aromatic N) is 1. The quantitative estimate of drug-likeness (QED) is 0.351. The molecule has 6 heteroatoms. The van der Waals surface area contributed by atoms with E-state index < -0.39 is 18.4 Å². The standard InChI is InChI=1S/C10H21N2O4/c11-10(15)9(14)6-8(13)4-3-7-2-1-5-12(7)16/h7-10,13-15H,1-6,11H2/q+1. The second-order valence-corrected chi connectivity index (χ2v) is 4.46. The van der Waals surface area contributed by atoms with Crippen molar-refractivity contribution >= 4 is 0 Å². The summed E-state index contributed by atoms with van der Waals surface area (Å²) in [6.07, 6.45) is -0.248. The maximum Gasteiger partial charge on any atom is 0.201 e.